The second kappa shape index (κ2) is 7.53. The Bertz CT molecular complexity index is 151. The van der Waals surface area contributed by atoms with Crippen molar-refractivity contribution in [3.05, 3.63) is 0 Å². The largest absolute Gasteiger partial charge is 0.395 e. The minimum atomic E-state index is -0.00463. The molecule has 0 aromatic rings. The van der Waals surface area contributed by atoms with Crippen molar-refractivity contribution in [2.24, 2.45) is 0 Å². The molecule has 0 radical (unpaired) electrons. The number of amides is 1. The fraction of sp³-hybridized carbons (Fsp3) is 0.875. The van der Waals surface area contributed by atoms with E-state index in [1.54, 1.807) is 11.8 Å². The predicted octanol–water partition coefficient (Wildman–Crippen LogP) is 0.535. The average Bonchev–Trinajstić information content (AvgIpc) is 2.06. The van der Waals surface area contributed by atoms with Crippen LogP contribution in [0, 0.1) is 0 Å². The lowest BCUT2D eigenvalue weighted by Gasteiger charge is -2.20. The summed E-state index contributed by atoms with van der Waals surface area (Å²) in [5.74, 6) is 0.553. The first-order valence-corrected chi connectivity index (χ1v) is 6.11. The fourth-order valence-corrected chi connectivity index (χ4v) is 1.79. The average molecular weight is 223 g/mol. The molecule has 0 aliphatic carbocycles. The lowest BCUT2D eigenvalue weighted by Crippen LogP contribution is -2.41. The van der Waals surface area contributed by atoms with Crippen molar-refractivity contribution >= 4 is 30.3 Å². The molecule has 13 heavy (non-hydrogen) atoms. The highest BCUT2D eigenvalue weighted by Gasteiger charge is 2.16. The second-order valence-corrected chi connectivity index (χ2v) is 4.31. The van der Waals surface area contributed by atoms with E-state index in [9.17, 15) is 4.79 Å². The zero-order valence-corrected chi connectivity index (χ0v) is 9.70. The quantitative estimate of drug-likeness (QED) is 0.576. The van der Waals surface area contributed by atoms with Crippen molar-refractivity contribution in [2.45, 2.75) is 24.6 Å². The first-order chi connectivity index (χ1) is 6.15. The number of rotatable bonds is 6. The van der Waals surface area contributed by atoms with E-state index in [1.807, 2.05) is 13.2 Å². The van der Waals surface area contributed by atoms with Gasteiger partial charge in [0.05, 0.1) is 6.61 Å². The second-order valence-electron chi connectivity index (χ2n) is 2.79. The summed E-state index contributed by atoms with van der Waals surface area (Å²) < 4.78 is 0. The summed E-state index contributed by atoms with van der Waals surface area (Å²) in [4.78, 5) is 11.1. The highest BCUT2D eigenvalue weighted by atomic mass is 32.2. The molecule has 0 spiro atoms. The Kier molecular flexibility index (Phi) is 7.60. The monoisotopic (exact) mass is 223 g/mol. The van der Waals surface area contributed by atoms with Crippen molar-refractivity contribution in [3.8, 4) is 0 Å². The van der Waals surface area contributed by atoms with Gasteiger partial charge < -0.3 is 10.4 Å². The van der Waals surface area contributed by atoms with Gasteiger partial charge in [-0.15, -0.1) is 0 Å². The summed E-state index contributed by atoms with van der Waals surface area (Å²) in [6, 6.07) is 0.00684. The Morgan fingerprint density at radius 1 is 1.69 bits per heavy atom. The molecule has 0 heterocycles. The Labute approximate surface area is 89.1 Å². The lowest BCUT2D eigenvalue weighted by molar-refractivity contribution is -0.121. The number of thiol groups is 1. The Hall–Kier alpha value is 0.130. The maximum Gasteiger partial charge on any atom is 0.221 e. The van der Waals surface area contributed by atoms with Crippen LogP contribution >= 0.6 is 24.4 Å². The Balaban J connectivity index is 3.82. The minimum Gasteiger partial charge on any atom is -0.395 e. The normalized spacial score (nSPS) is 15.1. The van der Waals surface area contributed by atoms with Crippen molar-refractivity contribution in [1.29, 1.82) is 0 Å². The van der Waals surface area contributed by atoms with Crippen LogP contribution in [0.4, 0.5) is 0 Å². The molecule has 1 amide bonds. The Morgan fingerprint density at radius 2 is 2.31 bits per heavy atom. The van der Waals surface area contributed by atoms with Gasteiger partial charge in [0.1, 0.15) is 0 Å². The fourth-order valence-electron chi connectivity index (χ4n) is 0.957. The molecule has 0 aromatic carbocycles. The number of aliphatic hydroxyl groups is 1. The van der Waals surface area contributed by atoms with Crippen molar-refractivity contribution in [1.82, 2.24) is 5.32 Å². The Morgan fingerprint density at radius 3 is 2.69 bits per heavy atom. The predicted molar refractivity (Wildman–Crippen MR) is 60.5 cm³/mol. The first-order valence-electron chi connectivity index (χ1n) is 4.19. The van der Waals surface area contributed by atoms with E-state index in [0.29, 0.717) is 12.2 Å². The molecule has 0 saturated heterocycles. The maximum atomic E-state index is 11.1. The third kappa shape index (κ3) is 5.44. The third-order valence-electron chi connectivity index (χ3n) is 1.77. The topological polar surface area (TPSA) is 49.3 Å². The lowest BCUT2D eigenvalue weighted by atomic mass is 10.2. The minimum absolute atomic E-state index is 0.00463. The van der Waals surface area contributed by atoms with E-state index >= 15 is 0 Å². The molecule has 0 aliphatic heterocycles. The van der Waals surface area contributed by atoms with Gasteiger partial charge in [-0.25, -0.2) is 0 Å². The molecule has 0 aromatic heterocycles. The van der Waals surface area contributed by atoms with Gasteiger partial charge in [0.15, 0.2) is 0 Å². The number of carbonyl (C=O) groups is 1. The van der Waals surface area contributed by atoms with Gasteiger partial charge in [0.25, 0.3) is 0 Å². The third-order valence-corrected chi connectivity index (χ3v) is 3.15. The van der Waals surface area contributed by atoms with Gasteiger partial charge in [-0.1, -0.05) is 0 Å². The zero-order chi connectivity index (χ0) is 10.3. The standard InChI is InChI=1S/C8H17NO2S2/c1-6(7(5-10)13-2)9-8(11)3-4-12/h6-7,10,12H,3-5H2,1-2H3,(H,9,11). The number of hydrogen-bond donors (Lipinski definition) is 3. The summed E-state index contributed by atoms with van der Waals surface area (Å²) in [7, 11) is 0. The molecule has 0 saturated carbocycles. The smallest absolute Gasteiger partial charge is 0.221 e. The van der Waals surface area contributed by atoms with Crippen LogP contribution in [-0.4, -0.2) is 40.9 Å². The van der Waals surface area contributed by atoms with Crippen LogP contribution < -0.4 is 5.32 Å². The molecule has 2 N–H and O–H groups in total. The SMILES string of the molecule is CSC(CO)C(C)NC(=O)CCS. The molecule has 2 atom stereocenters. The van der Waals surface area contributed by atoms with E-state index in [2.05, 4.69) is 17.9 Å². The maximum absolute atomic E-state index is 11.1. The van der Waals surface area contributed by atoms with Crippen LogP contribution in [0.5, 0.6) is 0 Å². The summed E-state index contributed by atoms with van der Waals surface area (Å²) in [6.45, 7) is 1.98. The summed E-state index contributed by atoms with van der Waals surface area (Å²) >= 11 is 5.52. The summed E-state index contributed by atoms with van der Waals surface area (Å²) in [5, 5.41) is 11.8. The number of hydrogen-bond acceptors (Lipinski definition) is 4. The molecule has 2 unspecified atom stereocenters. The molecule has 0 aliphatic rings. The van der Waals surface area contributed by atoms with Gasteiger partial charge in [-0.3, -0.25) is 4.79 Å². The van der Waals surface area contributed by atoms with Gasteiger partial charge in [-0.05, 0) is 18.9 Å². The van der Waals surface area contributed by atoms with Gasteiger partial charge in [-0.2, -0.15) is 24.4 Å². The number of carbonyl (C=O) groups excluding carboxylic acids is 1. The molecule has 0 fully saturated rings. The van der Waals surface area contributed by atoms with Gasteiger partial charge in [0, 0.05) is 17.7 Å². The zero-order valence-electron chi connectivity index (χ0n) is 7.99. The van der Waals surface area contributed by atoms with Crippen LogP contribution in [0.15, 0.2) is 0 Å². The van der Waals surface area contributed by atoms with E-state index in [0.717, 1.165) is 0 Å². The van der Waals surface area contributed by atoms with Crippen LogP contribution in [0.1, 0.15) is 13.3 Å². The van der Waals surface area contributed by atoms with Crippen LogP contribution in [0.25, 0.3) is 0 Å². The summed E-state index contributed by atoms with van der Waals surface area (Å²) in [6.07, 6.45) is 2.35. The van der Waals surface area contributed by atoms with Gasteiger partial charge in [0.2, 0.25) is 5.91 Å². The van der Waals surface area contributed by atoms with Crippen molar-refractivity contribution < 1.29 is 9.90 Å². The molecule has 5 heteroatoms. The molecular weight excluding hydrogens is 206 g/mol. The van der Waals surface area contributed by atoms with Crippen LogP contribution in [0.3, 0.4) is 0 Å². The number of aliphatic hydroxyl groups excluding tert-OH is 1. The van der Waals surface area contributed by atoms with Crippen LogP contribution in [0.2, 0.25) is 0 Å². The van der Waals surface area contributed by atoms with Crippen molar-refractivity contribution in [3.63, 3.8) is 0 Å². The van der Waals surface area contributed by atoms with Crippen LogP contribution in [-0.2, 0) is 4.79 Å². The number of thioether (sulfide) groups is 1. The molecule has 0 rings (SSSR count). The molecule has 0 bridgehead atoms. The molecule has 3 nitrogen and oxygen atoms in total. The van der Waals surface area contributed by atoms with Gasteiger partial charge >= 0.3 is 0 Å². The van der Waals surface area contributed by atoms with E-state index in [-0.39, 0.29) is 23.8 Å². The number of nitrogens with one attached hydrogen (secondary N) is 1. The van der Waals surface area contributed by atoms with E-state index in [1.165, 1.54) is 0 Å². The van der Waals surface area contributed by atoms with E-state index < -0.39 is 0 Å². The highest BCUT2D eigenvalue weighted by Crippen LogP contribution is 2.10. The summed E-state index contributed by atoms with van der Waals surface area (Å²) in [5.41, 5.74) is 0. The first kappa shape index (κ1) is 13.1. The highest BCUT2D eigenvalue weighted by molar-refractivity contribution is 7.99. The molecular formula is C8H17NO2S2. The molecule has 78 valence electrons. The van der Waals surface area contributed by atoms with E-state index in [4.69, 9.17) is 5.11 Å². The van der Waals surface area contributed by atoms with Crippen molar-refractivity contribution in [2.75, 3.05) is 18.6 Å².